The molecule has 8 heteroatoms. The van der Waals surface area contributed by atoms with Crippen LogP contribution in [0.2, 0.25) is 0 Å². The van der Waals surface area contributed by atoms with E-state index in [-0.39, 0.29) is 29.8 Å². The number of amides is 1. The van der Waals surface area contributed by atoms with Crippen molar-refractivity contribution in [1.29, 1.82) is 5.26 Å². The van der Waals surface area contributed by atoms with Crippen molar-refractivity contribution in [1.82, 2.24) is 15.5 Å². The molecule has 28 heavy (non-hydrogen) atoms. The monoisotopic (exact) mass is 383 g/mol. The fourth-order valence-corrected chi connectivity index (χ4v) is 3.26. The molecule has 2 aromatic rings. The number of β-amino-alcohol motifs (C(OH)–C–C–N with tert-alkyl or cyclic N) is 1. The second kappa shape index (κ2) is 8.31. The van der Waals surface area contributed by atoms with Crippen LogP contribution in [-0.4, -0.2) is 46.4 Å². The van der Waals surface area contributed by atoms with E-state index < -0.39 is 12.1 Å². The molecule has 0 saturated carbocycles. The first-order valence-electron chi connectivity index (χ1n) is 9.12. The minimum Gasteiger partial charge on any atom is -0.389 e. The average molecular weight is 383 g/mol. The van der Waals surface area contributed by atoms with Crippen molar-refractivity contribution >= 4 is 11.7 Å². The average Bonchev–Trinajstić information content (AvgIpc) is 3.02. The first kappa shape index (κ1) is 19.7. The predicted molar refractivity (Wildman–Crippen MR) is 101 cm³/mol. The second-order valence-electron chi connectivity index (χ2n) is 7.22. The SMILES string of the molecule is CC(C)c1ccc(CC(=O)N[C@@H]2CN(c3ccc(C#N)nn3)C[C@H]2O)cc1F. The molecule has 1 aromatic carbocycles. The first-order valence-corrected chi connectivity index (χ1v) is 9.12. The number of hydrogen-bond donors (Lipinski definition) is 2. The molecule has 1 fully saturated rings. The molecular weight excluding hydrogens is 361 g/mol. The van der Waals surface area contributed by atoms with Gasteiger partial charge < -0.3 is 15.3 Å². The Morgan fingerprint density at radius 1 is 1.36 bits per heavy atom. The second-order valence-corrected chi connectivity index (χ2v) is 7.22. The normalized spacial score (nSPS) is 18.9. The van der Waals surface area contributed by atoms with Gasteiger partial charge in [0.25, 0.3) is 0 Å². The largest absolute Gasteiger partial charge is 0.389 e. The molecule has 2 heterocycles. The van der Waals surface area contributed by atoms with Gasteiger partial charge >= 0.3 is 0 Å². The topological polar surface area (TPSA) is 102 Å². The summed E-state index contributed by atoms with van der Waals surface area (Å²) in [7, 11) is 0. The van der Waals surface area contributed by atoms with Crippen molar-refractivity contribution < 1.29 is 14.3 Å². The van der Waals surface area contributed by atoms with Gasteiger partial charge in [-0.3, -0.25) is 4.79 Å². The third kappa shape index (κ3) is 4.43. The highest BCUT2D eigenvalue weighted by Crippen LogP contribution is 2.20. The summed E-state index contributed by atoms with van der Waals surface area (Å²) >= 11 is 0. The minimum atomic E-state index is -0.763. The summed E-state index contributed by atoms with van der Waals surface area (Å²) in [6, 6.07) is 9.48. The highest BCUT2D eigenvalue weighted by molar-refractivity contribution is 5.79. The highest BCUT2D eigenvalue weighted by atomic mass is 19.1. The fraction of sp³-hybridized carbons (Fsp3) is 0.400. The number of carbonyl (C=O) groups is 1. The molecule has 0 unspecified atom stereocenters. The van der Waals surface area contributed by atoms with E-state index in [4.69, 9.17) is 5.26 Å². The van der Waals surface area contributed by atoms with E-state index in [0.29, 0.717) is 30.0 Å². The quantitative estimate of drug-likeness (QED) is 0.812. The van der Waals surface area contributed by atoms with E-state index in [1.165, 1.54) is 6.07 Å². The molecule has 0 spiro atoms. The molecule has 3 rings (SSSR count). The van der Waals surface area contributed by atoms with Crippen LogP contribution in [0.25, 0.3) is 0 Å². The number of rotatable bonds is 5. The number of nitrogens with one attached hydrogen (secondary N) is 1. The molecule has 0 aliphatic carbocycles. The predicted octanol–water partition coefficient (Wildman–Crippen LogP) is 1.52. The maximum Gasteiger partial charge on any atom is 0.224 e. The van der Waals surface area contributed by atoms with Crippen LogP contribution in [0.4, 0.5) is 10.2 Å². The summed E-state index contributed by atoms with van der Waals surface area (Å²) in [6.45, 7) is 4.49. The maximum absolute atomic E-state index is 14.1. The Balaban J connectivity index is 1.59. The van der Waals surface area contributed by atoms with Crippen molar-refractivity contribution in [2.75, 3.05) is 18.0 Å². The van der Waals surface area contributed by atoms with Gasteiger partial charge in [-0.15, -0.1) is 10.2 Å². The van der Waals surface area contributed by atoms with Gasteiger partial charge in [0, 0.05) is 13.1 Å². The molecule has 7 nitrogen and oxygen atoms in total. The molecule has 1 saturated heterocycles. The Bertz CT molecular complexity index is 894. The maximum atomic E-state index is 14.1. The van der Waals surface area contributed by atoms with Crippen molar-refractivity contribution in [3.05, 3.63) is 53.0 Å². The van der Waals surface area contributed by atoms with E-state index in [1.807, 2.05) is 19.9 Å². The Labute approximate surface area is 162 Å². The molecule has 146 valence electrons. The summed E-state index contributed by atoms with van der Waals surface area (Å²) in [5, 5.41) is 29.6. The van der Waals surface area contributed by atoms with Gasteiger partial charge in [0.05, 0.1) is 18.6 Å². The van der Waals surface area contributed by atoms with Gasteiger partial charge in [0.1, 0.15) is 11.9 Å². The summed E-state index contributed by atoms with van der Waals surface area (Å²) < 4.78 is 14.1. The van der Waals surface area contributed by atoms with Crippen LogP contribution >= 0.6 is 0 Å². The van der Waals surface area contributed by atoms with E-state index in [9.17, 15) is 14.3 Å². The highest BCUT2D eigenvalue weighted by Gasteiger charge is 2.33. The summed E-state index contributed by atoms with van der Waals surface area (Å²) in [4.78, 5) is 14.1. The van der Waals surface area contributed by atoms with Gasteiger partial charge in [-0.05, 0) is 35.2 Å². The number of hydrogen-bond acceptors (Lipinski definition) is 6. The van der Waals surface area contributed by atoms with Crippen molar-refractivity contribution in [3.63, 3.8) is 0 Å². The fourth-order valence-electron chi connectivity index (χ4n) is 3.26. The zero-order valence-electron chi connectivity index (χ0n) is 15.8. The smallest absolute Gasteiger partial charge is 0.224 e. The van der Waals surface area contributed by atoms with Crippen LogP contribution in [0.15, 0.2) is 30.3 Å². The zero-order valence-corrected chi connectivity index (χ0v) is 15.8. The summed E-state index contributed by atoms with van der Waals surface area (Å²) in [5.74, 6) is 0.00856. The molecule has 2 atom stereocenters. The lowest BCUT2D eigenvalue weighted by Crippen LogP contribution is -2.43. The van der Waals surface area contributed by atoms with Gasteiger partial charge in [-0.2, -0.15) is 5.26 Å². The lowest BCUT2D eigenvalue weighted by atomic mass is 10.00. The van der Waals surface area contributed by atoms with Crippen LogP contribution in [0.3, 0.4) is 0 Å². The third-order valence-corrected chi connectivity index (χ3v) is 4.78. The van der Waals surface area contributed by atoms with E-state index in [1.54, 1.807) is 29.2 Å². The van der Waals surface area contributed by atoms with Gasteiger partial charge in [-0.1, -0.05) is 26.0 Å². The Morgan fingerprint density at radius 2 is 2.14 bits per heavy atom. The summed E-state index contributed by atoms with van der Waals surface area (Å²) in [5.41, 5.74) is 1.42. The number of halogens is 1. The standard InChI is InChI=1S/C20H22FN5O2/c1-12(2)15-5-3-13(7-16(15)21)8-20(28)23-17-10-26(11-18(17)27)19-6-4-14(9-22)24-25-19/h3-7,12,17-18,27H,8,10-11H2,1-2H3,(H,23,28)/t17-,18-/m1/s1. The Hall–Kier alpha value is -3.05. The number of aromatic nitrogens is 2. The van der Waals surface area contributed by atoms with Crippen LogP contribution in [-0.2, 0) is 11.2 Å². The van der Waals surface area contributed by atoms with Crippen LogP contribution in [0.1, 0.15) is 36.6 Å². The van der Waals surface area contributed by atoms with Crippen molar-refractivity contribution in [3.8, 4) is 6.07 Å². The van der Waals surface area contributed by atoms with Crippen LogP contribution in [0, 0.1) is 17.1 Å². The summed E-state index contributed by atoms with van der Waals surface area (Å²) in [6.07, 6.45) is -0.726. The molecule has 1 amide bonds. The van der Waals surface area contributed by atoms with E-state index in [0.717, 1.165) is 0 Å². The lowest BCUT2D eigenvalue weighted by Gasteiger charge is -2.17. The molecule has 0 radical (unpaired) electrons. The van der Waals surface area contributed by atoms with Crippen molar-refractivity contribution in [2.45, 2.75) is 38.3 Å². The van der Waals surface area contributed by atoms with Gasteiger partial charge in [-0.25, -0.2) is 4.39 Å². The number of benzene rings is 1. The number of nitrogens with zero attached hydrogens (tertiary/aromatic N) is 4. The molecule has 1 aliphatic rings. The minimum absolute atomic E-state index is 0.0369. The number of aliphatic hydroxyl groups excluding tert-OH is 1. The van der Waals surface area contributed by atoms with E-state index >= 15 is 0 Å². The third-order valence-electron chi connectivity index (χ3n) is 4.78. The van der Waals surface area contributed by atoms with Crippen molar-refractivity contribution in [2.24, 2.45) is 0 Å². The molecule has 0 bridgehead atoms. The van der Waals surface area contributed by atoms with Gasteiger partial charge in [0.2, 0.25) is 5.91 Å². The van der Waals surface area contributed by atoms with Crippen LogP contribution in [0.5, 0.6) is 0 Å². The molecular formula is C20H22FN5O2. The van der Waals surface area contributed by atoms with Gasteiger partial charge in [0.15, 0.2) is 11.5 Å². The zero-order chi connectivity index (χ0) is 20.3. The number of aliphatic hydroxyl groups is 1. The molecule has 1 aliphatic heterocycles. The lowest BCUT2D eigenvalue weighted by molar-refractivity contribution is -0.121. The Morgan fingerprint density at radius 3 is 2.75 bits per heavy atom. The number of carbonyl (C=O) groups excluding carboxylic acids is 1. The Kier molecular flexibility index (Phi) is 5.85. The number of nitriles is 1. The molecule has 2 N–H and O–H groups in total. The first-order chi connectivity index (χ1) is 13.4. The molecule has 1 aromatic heterocycles. The van der Waals surface area contributed by atoms with E-state index in [2.05, 4.69) is 15.5 Å². The van der Waals surface area contributed by atoms with Crippen LogP contribution < -0.4 is 10.2 Å². The number of anilines is 1.